The summed E-state index contributed by atoms with van der Waals surface area (Å²) in [4.78, 5) is 14.5. The van der Waals surface area contributed by atoms with Crippen molar-refractivity contribution in [3.05, 3.63) is 11.6 Å². The fourth-order valence-electron chi connectivity index (χ4n) is 3.54. The number of fused-ring (bicyclic) bond motifs is 2. The van der Waals surface area contributed by atoms with E-state index in [1.54, 1.807) is 0 Å². The standard InChI is InChI=1S/C15H24N2O/c18-15(10-12-4-2-1-3-5-12)17-9-8-13-6-7-14(11-17)16-13/h4,13-14,16H,1-3,5-11H2. The molecule has 0 aromatic rings. The van der Waals surface area contributed by atoms with E-state index >= 15 is 0 Å². The number of likely N-dealkylation sites (tertiary alicyclic amines) is 1. The fraction of sp³-hybridized carbons (Fsp3) is 0.800. The van der Waals surface area contributed by atoms with Gasteiger partial charge in [0.05, 0.1) is 0 Å². The van der Waals surface area contributed by atoms with Crippen LogP contribution >= 0.6 is 0 Å². The topological polar surface area (TPSA) is 32.3 Å². The van der Waals surface area contributed by atoms with Gasteiger partial charge >= 0.3 is 0 Å². The van der Waals surface area contributed by atoms with Crippen LogP contribution in [0.5, 0.6) is 0 Å². The molecule has 2 bridgehead atoms. The monoisotopic (exact) mass is 248 g/mol. The molecule has 3 heteroatoms. The third kappa shape index (κ3) is 2.77. The molecule has 3 nitrogen and oxygen atoms in total. The van der Waals surface area contributed by atoms with Crippen molar-refractivity contribution in [1.82, 2.24) is 10.2 Å². The lowest BCUT2D eigenvalue weighted by Crippen LogP contribution is -2.39. The largest absolute Gasteiger partial charge is 0.341 e. The Morgan fingerprint density at radius 1 is 1.28 bits per heavy atom. The van der Waals surface area contributed by atoms with Gasteiger partial charge in [-0.1, -0.05) is 11.6 Å². The van der Waals surface area contributed by atoms with Crippen molar-refractivity contribution >= 4 is 5.91 Å². The van der Waals surface area contributed by atoms with Crippen LogP contribution in [0.15, 0.2) is 11.6 Å². The van der Waals surface area contributed by atoms with E-state index in [1.165, 1.54) is 37.7 Å². The van der Waals surface area contributed by atoms with Crippen molar-refractivity contribution in [3.8, 4) is 0 Å². The maximum Gasteiger partial charge on any atom is 0.226 e. The van der Waals surface area contributed by atoms with Crippen molar-refractivity contribution in [3.63, 3.8) is 0 Å². The minimum absolute atomic E-state index is 0.359. The van der Waals surface area contributed by atoms with Crippen LogP contribution in [0.1, 0.15) is 51.4 Å². The van der Waals surface area contributed by atoms with E-state index in [1.807, 2.05) is 0 Å². The van der Waals surface area contributed by atoms with E-state index in [0.717, 1.165) is 25.9 Å². The quantitative estimate of drug-likeness (QED) is 0.760. The van der Waals surface area contributed by atoms with E-state index in [-0.39, 0.29) is 0 Å². The number of rotatable bonds is 2. The van der Waals surface area contributed by atoms with Gasteiger partial charge < -0.3 is 10.2 Å². The van der Waals surface area contributed by atoms with Crippen LogP contribution in [0, 0.1) is 0 Å². The van der Waals surface area contributed by atoms with Crippen molar-refractivity contribution in [1.29, 1.82) is 0 Å². The minimum atomic E-state index is 0.359. The van der Waals surface area contributed by atoms with Crippen LogP contribution in [0.4, 0.5) is 0 Å². The molecule has 0 aromatic carbocycles. The third-order valence-corrected chi connectivity index (χ3v) is 4.64. The molecule has 3 rings (SSSR count). The summed E-state index contributed by atoms with van der Waals surface area (Å²) in [6.07, 6.45) is 11.6. The van der Waals surface area contributed by atoms with E-state index in [2.05, 4.69) is 16.3 Å². The van der Waals surface area contributed by atoms with Crippen molar-refractivity contribution in [2.75, 3.05) is 13.1 Å². The van der Waals surface area contributed by atoms with Gasteiger partial charge in [0, 0.05) is 31.6 Å². The van der Waals surface area contributed by atoms with Gasteiger partial charge in [0.1, 0.15) is 0 Å². The number of hydrogen-bond acceptors (Lipinski definition) is 2. The Hall–Kier alpha value is -0.830. The molecule has 2 unspecified atom stereocenters. The highest BCUT2D eigenvalue weighted by Gasteiger charge is 2.31. The summed E-state index contributed by atoms with van der Waals surface area (Å²) in [6.45, 7) is 1.89. The number of carbonyl (C=O) groups excluding carboxylic acids is 1. The molecule has 18 heavy (non-hydrogen) atoms. The molecule has 1 amide bonds. The second-order valence-corrected chi connectivity index (χ2v) is 6.05. The van der Waals surface area contributed by atoms with E-state index in [0.29, 0.717) is 24.4 Å². The SMILES string of the molecule is O=C(CC1=CCCCC1)N1CCC2CCC(C1)N2. The second-order valence-electron chi connectivity index (χ2n) is 6.05. The first-order valence-corrected chi connectivity index (χ1v) is 7.53. The maximum absolute atomic E-state index is 12.4. The Bertz CT molecular complexity index is 350. The zero-order chi connectivity index (χ0) is 12.4. The molecule has 0 aromatic heterocycles. The summed E-state index contributed by atoms with van der Waals surface area (Å²) in [5.74, 6) is 0.359. The number of allylic oxidation sites excluding steroid dienone is 1. The molecule has 0 spiro atoms. The van der Waals surface area contributed by atoms with E-state index in [4.69, 9.17) is 0 Å². The highest BCUT2D eigenvalue weighted by atomic mass is 16.2. The lowest BCUT2D eigenvalue weighted by Gasteiger charge is -2.25. The Balaban J connectivity index is 1.56. The molecular formula is C15H24N2O. The smallest absolute Gasteiger partial charge is 0.226 e. The van der Waals surface area contributed by atoms with Gasteiger partial charge in [0.25, 0.3) is 0 Å². The molecule has 2 aliphatic heterocycles. The van der Waals surface area contributed by atoms with Crippen LogP contribution in [-0.4, -0.2) is 36.0 Å². The third-order valence-electron chi connectivity index (χ3n) is 4.64. The summed E-state index contributed by atoms with van der Waals surface area (Å²) in [6, 6.07) is 1.23. The van der Waals surface area contributed by atoms with Crippen LogP contribution in [0.25, 0.3) is 0 Å². The number of nitrogens with zero attached hydrogens (tertiary/aromatic N) is 1. The van der Waals surface area contributed by atoms with Gasteiger partial charge in [-0.2, -0.15) is 0 Å². The number of hydrogen-bond donors (Lipinski definition) is 1. The molecule has 2 fully saturated rings. The minimum Gasteiger partial charge on any atom is -0.341 e. The molecule has 0 saturated carbocycles. The van der Waals surface area contributed by atoms with Crippen LogP contribution in [0.2, 0.25) is 0 Å². The van der Waals surface area contributed by atoms with Crippen LogP contribution in [0.3, 0.4) is 0 Å². The fourth-order valence-corrected chi connectivity index (χ4v) is 3.54. The summed E-state index contributed by atoms with van der Waals surface area (Å²) in [7, 11) is 0. The molecule has 2 atom stereocenters. The van der Waals surface area contributed by atoms with Gasteiger partial charge in [0.15, 0.2) is 0 Å². The summed E-state index contributed by atoms with van der Waals surface area (Å²) >= 11 is 0. The molecule has 100 valence electrons. The summed E-state index contributed by atoms with van der Waals surface area (Å²) < 4.78 is 0. The normalized spacial score (nSPS) is 32.0. The highest BCUT2D eigenvalue weighted by molar-refractivity contribution is 5.78. The second kappa shape index (κ2) is 5.43. The molecule has 0 radical (unpaired) electrons. The maximum atomic E-state index is 12.4. The molecule has 1 N–H and O–H groups in total. The van der Waals surface area contributed by atoms with Crippen LogP contribution < -0.4 is 5.32 Å². The lowest BCUT2D eigenvalue weighted by molar-refractivity contribution is -0.130. The summed E-state index contributed by atoms with van der Waals surface area (Å²) in [5.41, 5.74) is 1.38. The first-order chi connectivity index (χ1) is 8.81. The molecule has 3 aliphatic rings. The lowest BCUT2D eigenvalue weighted by atomic mass is 9.96. The number of carbonyl (C=O) groups is 1. The first-order valence-electron chi connectivity index (χ1n) is 7.53. The number of amides is 1. The molecule has 2 saturated heterocycles. The van der Waals surface area contributed by atoms with Gasteiger partial charge in [-0.05, 0) is 44.9 Å². The molecule has 1 aliphatic carbocycles. The predicted octanol–water partition coefficient (Wildman–Crippen LogP) is 2.23. The Morgan fingerprint density at radius 2 is 2.17 bits per heavy atom. The summed E-state index contributed by atoms with van der Waals surface area (Å²) in [5, 5.41) is 3.63. The van der Waals surface area contributed by atoms with Crippen molar-refractivity contribution < 1.29 is 4.79 Å². The van der Waals surface area contributed by atoms with Gasteiger partial charge in [-0.15, -0.1) is 0 Å². The highest BCUT2D eigenvalue weighted by Crippen LogP contribution is 2.24. The number of nitrogens with one attached hydrogen (secondary N) is 1. The zero-order valence-electron chi connectivity index (χ0n) is 11.2. The van der Waals surface area contributed by atoms with Crippen molar-refractivity contribution in [2.24, 2.45) is 0 Å². The average Bonchev–Trinajstić information content (AvgIpc) is 2.70. The van der Waals surface area contributed by atoms with Gasteiger partial charge in [-0.25, -0.2) is 0 Å². The Labute approximate surface area is 110 Å². The van der Waals surface area contributed by atoms with Gasteiger partial charge in [-0.3, -0.25) is 4.79 Å². The Morgan fingerprint density at radius 3 is 3.00 bits per heavy atom. The van der Waals surface area contributed by atoms with Crippen molar-refractivity contribution in [2.45, 2.75) is 63.5 Å². The Kier molecular flexibility index (Phi) is 3.69. The van der Waals surface area contributed by atoms with Crippen LogP contribution in [-0.2, 0) is 4.79 Å². The van der Waals surface area contributed by atoms with E-state index in [9.17, 15) is 4.79 Å². The zero-order valence-corrected chi connectivity index (χ0v) is 11.2. The van der Waals surface area contributed by atoms with E-state index < -0.39 is 0 Å². The molecule has 2 heterocycles. The average molecular weight is 248 g/mol. The first kappa shape index (κ1) is 12.2. The predicted molar refractivity (Wildman–Crippen MR) is 72.3 cm³/mol. The van der Waals surface area contributed by atoms with Gasteiger partial charge in [0.2, 0.25) is 5.91 Å². The molecular weight excluding hydrogens is 224 g/mol.